The molecule has 0 aliphatic carbocycles. The van der Waals surface area contributed by atoms with E-state index in [1.165, 1.54) is 11.1 Å². The second kappa shape index (κ2) is 7.95. The number of hydrogen-bond acceptors (Lipinski definition) is 5. The topological polar surface area (TPSA) is 62.7 Å². The van der Waals surface area contributed by atoms with E-state index in [1.807, 2.05) is 24.3 Å². The van der Waals surface area contributed by atoms with E-state index in [-0.39, 0.29) is 5.41 Å². The number of nitrogens with zero attached hydrogens (tertiary/aromatic N) is 3. The van der Waals surface area contributed by atoms with Crippen molar-refractivity contribution in [3.63, 3.8) is 0 Å². The number of benzene rings is 2. The maximum Gasteiger partial charge on any atom is 0.249 e. The normalized spacial score (nSPS) is 11.2. The lowest BCUT2D eigenvalue weighted by Crippen LogP contribution is -2.14. The molecule has 0 radical (unpaired) electrons. The third-order valence-corrected chi connectivity index (χ3v) is 4.10. The minimum atomic E-state index is 0.0303. The van der Waals surface area contributed by atoms with Gasteiger partial charge in [0, 0.05) is 12.2 Å². The first-order valence-corrected chi connectivity index (χ1v) is 8.86. The van der Waals surface area contributed by atoms with Crippen molar-refractivity contribution in [1.29, 1.82) is 0 Å². The van der Waals surface area contributed by atoms with Crippen LogP contribution < -0.4 is 10.6 Å². The van der Waals surface area contributed by atoms with Crippen LogP contribution >= 0.6 is 0 Å². The zero-order valence-electron chi connectivity index (χ0n) is 15.5. The Labute approximate surface area is 154 Å². The van der Waals surface area contributed by atoms with Gasteiger partial charge in [0.2, 0.25) is 5.95 Å². The molecule has 0 fully saturated rings. The van der Waals surface area contributed by atoms with Crippen LogP contribution in [0.4, 0.5) is 17.5 Å². The van der Waals surface area contributed by atoms with Gasteiger partial charge in [0.15, 0.2) is 5.82 Å². The fourth-order valence-corrected chi connectivity index (χ4v) is 2.79. The van der Waals surface area contributed by atoms with Gasteiger partial charge < -0.3 is 10.6 Å². The van der Waals surface area contributed by atoms with Gasteiger partial charge in [-0.3, -0.25) is 0 Å². The highest BCUT2D eigenvalue weighted by Gasteiger charge is 2.18. The molecule has 5 nitrogen and oxygen atoms in total. The lowest BCUT2D eigenvalue weighted by Gasteiger charge is -2.22. The Morgan fingerprint density at radius 2 is 1.65 bits per heavy atom. The van der Waals surface area contributed by atoms with Crippen LogP contribution in [0.5, 0.6) is 0 Å². The van der Waals surface area contributed by atoms with Gasteiger partial charge >= 0.3 is 0 Å². The molecule has 3 aromatic rings. The fraction of sp³-hybridized carbons (Fsp3) is 0.286. The summed E-state index contributed by atoms with van der Waals surface area (Å²) < 4.78 is 0. The Bertz CT molecular complexity index is 840. The van der Waals surface area contributed by atoms with Gasteiger partial charge in [0.1, 0.15) is 0 Å². The lowest BCUT2D eigenvalue weighted by atomic mass is 9.86. The van der Waals surface area contributed by atoms with Gasteiger partial charge in [-0.25, -0.2) is 0 Å². The van der Waals surface area contributed by atoms with Crippen molar-refractivity contribution < 1.29 is 0 Å². The molecule has 0 spiro atoms. The number of anilines is 3. The van der Waals surface area contributed by atoms with Gasteiger partial charge in [0.25, 0.3) is 0 Å². The van der Waals surface area contributed by atoms with Crippen LogP contribution in [0.15, 0.2) is 60.8 Å². The highest BCUT2D eigenvalue weighted by molar-refractivity contribution is 5.60. The minimum absolute atomic E-state index is 0.0303. The molecule has 0 bridgehead atoms. The summed E-state index contributed by atoms with van der Waals surface area (Å²) in [6.45, 7) is 7.36. The second-order valence-corrected chi connectivity index (χ2v) is 7.25. The van der Waals surface area contributed by atoms with Gasteiger partial charge in [-0.1, -0.05) is 69.3 Å². The average Bonchev–Trinajstić information content (AvgIpc) is 2.63. The van der Waals surface area contributed by atoms with Crippen molar-refractivity contribution in [3.05, 3.63) is 71.9 Å². The van der Waals surface area contributed by atoms with E-state index < -0.39 is 0 Å². The largest absolute Gasteiger partial charge is 0.368 e. The summed E-state index contributed by atoms with van der Waals surface area (Å²) in [5.41, 5.74) is 3.54. The van der Waals surface area contributed by atoms with Gasteiger partial charge in [-0.05, 0) is 29.0 Å². The maximum atomic E-state index is 4.53. The summed E-state index contributed by atoms with van der Waals surface area (Å²) in [7, 11) is 0. The van der Waals surface area contributed by atoms with Crippen molar-refractivity contribution in [2.45, 2.75) is 32.6 Å². The molecule has 2 N–H and O–H groups in total. The third kappa shape index (κ3) is 4.79. The van der Waals surface area contributed by atoms with Crippen LogP contribution in [0, 0.1) is 0 Å². The molecular formula is C21H25N5. The fourth-order valence-electron chi connectivity index (χ4n) is 2.79. The number of nitrogens with one attached hydrogen (secondary N) is 2. The van der Waals surface area contributed by atoms with Crippen LogP contribution in [0.1, 0.15) is 31.9 Å². The van der Waals surface area contributed by atoms with Crippen LogP contribution in [-0.2, 0) is 11.8 Å². The number of aromatic nitrogens is 3. The van der Waals surface area contributed by atoms with Crippen molar-refractivity contribution in [1.82, 2.24) is 15.2 Å². The molecular weight excluding hydrogens is 322 g/mol. The number of hydrogen-bond donors (Lipinski definition) is 2. The molecule has 3 rings (SSSR count). The lowest BCUT2D eigenvalue weighted by molar-refractivity contribution is 0.592. The molecule has 0 saturated carbocycles. The van der Waals surface area contributed by atoms with Gasteiger partial charge in [0.05, 0.1) is 6.20 Å². The summed E-state index contributed by atoms with van der Waals surface area (Å²) in [4.78, 5) is 4.53. The second-order valence-electron chi connectivity index (χ2n) is 7.25. The maximum absolute atomic E-state index is 4.53. The smallest absolute Gasteiger partial charge is 0.249 e. The molecule has 0 unspecified atom stereocenters. The molecule has 134 valence electrons. The Kier molecular flexibility index (Phi) is 5.46. The summed E-state index contributed by atoms with van der Waals surface area (Å²) in [5.74, 6) is 1.21. The first-order chi connectivity index (χ1) is 12.5. The zero-order chi connectivity index (χ0) is 18.4. The highest BCUT2D eigenvalue weighted by atomic mass is 15.3. The predicted octanol–water partition coefficient (Wildman–Crippen LogP) is 4.57. The molecule has 2 aromatic carbocycles. The van der Waals surface area contributed by atoms with Crippen molar-refractivity contribution in [2.24, 2.45) is 0 Å². The first-order valence-electron chi connectivity index (χ1n) is 8.86. The van der Waals surface area contributed by atoms with Crippen LogP contribution in [-0.4, -0.2) is 21.7 Å². The molecule has 1 aromatic heterocycles. The monoisotopic (exact) mass is 347 g/mol. The Hall–Kier alpha value is -2.95. The summed E-state index contributed by atoms with van der Waals surface area (Å²) in [6.07, 6.45) is 2.58. The number of para-hydroxylation sites is 1. The summed E-state index contributed by atoms with van der Waals surface area (Å²) >= 11 is 0. The quantitative estimate of drug-likeness (QED) is 0.684. The molecule has 1 heterocycles. The third-order valence-electron chi connectivity index (χ3n) is 4.10. The Morgan fingerprint density at radius 1 is 0.923 bits per heavy atom. The molecule has 0 aliphatic rings. The van der Waals surface area contributed by atoms with E-state index in [0.29, 0.717) is 11.8 Å². The highest BCUT2D eigenvalue weighted by Crippen LogP contribution is 2.30. The van der Waals surface area contributed by atoms with E-state index in [9.17, 15) is 0 Å². The van der Waals surface area contributed by atoms with Gasteiger partial charge in [-0.15, -0.1) is 5.10 Å². The van der Waals surface area contributed by atoms with E-state index in [4.69, 9.17) is 0 Å². The van der Waals surface area contributed by atoms with Crippen LogP contribution in [0.2, 0.25) is 0 Å². The summed E-state index contributed by atoms with van der Waals surface area (Å²) in [5, 5.41) is 14.8. The molecule has 0 amide bonds. The first kappa shape index (κ1) is 17.9. The van der Waals surface area contributed by atoms with E-state index in [1.54, 1.807) is 6.20 Å². The molecule has 0 aliphatic heterocycles. The number of rotatable bonds is 6. The Balaban J connectivity index is 1.67. The predicted molar refractivity (Wildman–Crippen MR) is 107 cm³/mol. The molecule has 0 atom stereocenters. The Morgan fingerprint density at radius 3 is 2.42 bits per heavy atom. The van der Waals surface area contributed by atoms with Crippen LogP contribution in [0.25, 0.3) is 0 Å². The van der Waals surface area contributed by atoms with Crippen molar-refractivity contribution >= 4 is 17.5 Å². The van der Waals surface area contributed by atoms with Crippen LogP contribution in [0.3, 0.4) is 0 Å². The summed E-state index contributed by atoms with van der Waals surface area (Å²) in [6, 6.07) is 18.6. The minimum Gasteiger partial charge on any atom is -0.368 e. The SMILES string of the molecule is CC(C)(C)c1ccccc1Nc1nncc(NCCc2ccccc2)n1. The molecule has 0 saturated heterocycles. The average molecular weight is 347 g/mol. The van der Waals surface area contributed by atoms with Crippen molar-refractivity contribution in [3.8, 4) is 0 Å². The van der Waals surface area contributed by atoms with E-state index >= 15 is 0 Å². The van der Waals surface area contributed by atoms with Crippen molar-refractivity contribution in [2.75, 3.05) is 17.2 Å². The standard InChI is InChI=1S/C21H25N5/c1-21(2,3)17-11-7-8-12-18(17)24-20-25-19(15-23-26-20)22-14-13-16-9-5-4-6-10-16/h4-12,15H,13-14H2,1-3H3,(H2,22,24,25,26). The van der Waals surface area contributed by atoms with Gasteiger partial charge in [-0.2, -0.15) is 10.1 Å². The van der Waals surface area contributed by atoms with E-state index in [0.717, 1.165) is 18.7 Å². The zero-order valence-corrected chi connectivity index (χ0v) is 15.5. The molecule has 5 heteroatoms. The molecule has 26 heavy (non-hydrogen) atoms. The van der Waals surface area contributed by atoms with E-state index in [2.05, 4.69) is 76.9 Å².